The number of ketones is 3. The van der Waals surface area contributed by atoms with Crippen molar-refractivity contribution in [2.45, 2.75) is 122 Å². The number of carboxylic acid groups (broad SMARTS) is 4. The molecule has 0 saturated carbocycles. The Kier molecular flexibility index (Phi) is 27.5. The van der Waals surface area contributed by atoms with Gasteiger partial charge in [-0.2, -0.15) is 0 Å². The largest absolute Gasteiger partial charge is 1.00 e. The number of phenols is 3. The number of quaternary nitrogens is 2. The van der Waals surface area contributed by atoms with Crippen LogP contribution >= 0.6 is 69.4 Å². The number of thioether (sulfide) groups is 2. The molecule has 564 valence electrons. The number of anilines is 2. The maximum atomic E-state index is 13.6. The number of hydrogen-bond donors (Lipinski definition) is 6. The smallest absolute Gasteiger partial charge is 0.546 e. The number of nitrogens with zero attached hydrogens (tertiary/aromatic N) is 8. The Hall–Kier alpha value is -6.38. The van der Waals surface area contributed by atoms with Crippen LogP contribution in [-0.2, 0) is 48.0 Å². The van der Waals surface area contributed by atoms with E-state index in [2.05, 4.69) is 25.6 Å². The second kappa shape index (κ2) is 34.1. The van der Waals surface area contributed by atoms with Crippen molar-refractivity contribution in [3.63, 3.8) is 0 Å². The van der Waals surface area contributed by atoms with Crippen molar-refractivity contribution < 1.29 is 161 Å². The number of rotatable bonds is 27. The summed E-state index contributed by atoms with van der Waals surface area (Å²) in [5.74, 6) is -11.7. The number of benzene rings is 2. The zero-order valence-corrected chi connectivity index (χ0v) is 67.8. The maximum Gasteiger partial charge on any atom is 1.00 e. The number of nitrogens with one attached hydrogen (secondary N) is 1. The fraction of sp³-hybridized carbons (Fsp3) is 0.507. The fourth-order valence-electron chi connectivity index (χ4n) is 15.0. The van der Waals surface area contributed by atoms with Crippen LogP contribution in [0.5, 0.6) is 17.2 Å². The number of Topliss-reactive ketones (excluding diaryl/α,β-unsaturated/α-hetero) is 3. The molecule has 2 aromatic heterocycles. The zero-order chi connectivity index (χ0) is 75.4. The number of carbonyl (C=O) groups is 10. The molecule has 0 unspecified atom stereocenters. The molecule has 38 heteroatoms. The molecule has 0 aliphatic carbocycles. The van der Waals surface area contributed by atoms with Gasteiger partial charge in [0.25, 0.3) is 5.91 Å². The number of aromatic nitrogens is 2. The number of halogens is 2. The van der Waals surface area contributed by atoms with Gasteiger partial charge in [-0.15, -0.1) is 46.2 Å². The summed E-state index contributed by atoms with van der Waals surface area (Å²) < 4.78 is 1.27. The standard InChI is InChI=1S/C35H41ClN6O9S2.C33H36ClN5O10S2.CH4.2Na/c1-17(2)28(33(49)50)51-40-25(22-15-53-34(37)39-22)23(43)12-21-30(46)41-26(32(47)48)19(14-52-31(21)41)13-42-9-6-35(7-10-42,8-11-42)16-38-29(45)20-5-4-18(3)27(44)24(20)36;1-32(2,30(47)48)49-37-24(19-15-51-31(35)36-19)21(41)11-18-27(44)38-25(29(45)46)16(14-50-28(18)38)13-39-8-5-33(6-9-39,7-10-39)12-22(42)17-3-4-20(40)26(43)23(17)34;;;/h4-5,15,17,21,28,31H,6-14,16H2,1-3H3,(H5-,37,38,39,44,45,47,48,49,50);3-4,15,18,28H,5-14H2,1-2H3,(H5-,35,36,37,40,41,42,43,45,46,47,48);1H4;;/q;;;2*+1/p-2/b40-25-;;;;/t21-,28+,31-,35?,42?;18-,28-,33?,39?;;;/m11.../s1. The summed E-state index contributed by atoms with van der Waals surface area (Å²) in [6, 6.07) is 5.88. The number of aryl methyl sites for hydroxylation is 1. The summed E-state index contributed by atoms with van der Waals surface area (Å²) in [4.78, 5) is 149. The van der Waals surface area contributed by atoms with Gasteiger partial charge in [-0.1, -0.05) is 60.9 Å². The predicted octanol–water partition coefficient (Wildman–Crippen LogP) is -3.74. The number of amides is 3. The van der Waals surface area contributed by atoms with E-state index in [1.165, 1.54) is 70.1 Å². The van der Waals surface area contributed by atoms with Crippen LogP contribution in [-0.4, -0.2) is 207 Å². The zero-order valence-electron chi connectivity index (χ0n) is 59.1. The minimum atomic E-state index is -1.87. The molecule has 12 heterocycles. The van der Waals surface area contributed by atoms with E-state index in [9.17, 15) is 83.7 Å². The molecule has 107 heavy (non-hydrogen) atoms. The number of fused-ring (bicyclic) bond motifs is 8. The molecule has 4 bridgehead atoms. The van der Waals surface area contributed by atoms with Gasteiger partial charge in [-0.3, -0.25) is 38.6 Å². The fourth-order valence-corrected chi connectivity index (χ4v) is 19.4. The number of nitrogens with two attached hydrogens (primary N) is 2. The Morgan fingerprint density at radius 3 is 1.55 bits per heavy atom. The minimum Gasteiger partial charge on any atom is -0.546 e. The number of nitrogen functional groups attached to an aromatic ring is 2. The van der Waals surface area contributed by atoms with E-state index >= 15 is 0 Å². The number of hydrogen-bond acceptors (Lipinski definition) is 29. The Balaban J connectivity index is 0.000000263. The predicted molar refractivity (Wildman–Crippen MR) is 380 cm³/mol. The average Bonchev–Trinajstić information content (AvgIpc) is 1.25. The average molecular weight is 1610 g/mol. The van der Waals surface area contributed by atoms with Gasteiger partial charge in [0.05, 0.1) is 113 Å². The molecular formula is C69H79Cl2N11Na2O19S4. The molecule has 10 aliphatic heterocycles. The molecule has 10 aliphatic rings. The summed E-state index contributed by atoms with van der Waals surface area (Å²) in [5, 5.41) is 90.3. The number of aliphatic carboxylic acids is 4. The third-order valence-electron chi connectivity index (χ3n) is 21.4. The van der Waals surface area contributed by atoms with E-state index in [1.807, 2.05) is 0 Å². The van der Waals surface area contributed by atoms with Crippen molar-refractivity contribution in [2.24, 2.45) is 38.9 Å². The molecule has 14 rings (SSSR count). The van der Waals surface area contributed by atoms with Gasteiger partial charge in [0.1, 0.15) is 30.2 Å². The SMILES string of the molecule is C.CC(C)(O/N=C(\C(=O)C[C@@H]1C(=O)N2C(C(=O)[O-])=C(C[N+]34CCC(CC(=O)c5ccc(O)c(O)c5Cl)(CC3)CC4)CS[C@H]12)c1csc(N)n1)C(=O)[O-].Cc1ccc(C(=O)NCC23CC[N+](CC4=C(C(=O)[O-])N5C(=O)[C@@H](CC(=O)/C(=N\O[C@H](C(=O)[O-])C(C)C)c6csc(N)n6)[C@H]5SC4)(CC2)CC3)c(Cl)c1O.[Na+].[Na+]. The summed E-state index contributed by atoms with van der Waals surface area (Å²) in [6.07, 6.45) is 2.69. The van der Waals surface area contributed by atoms with Crippen LogP contribution in [0.1, 0.15) is 131 Å². The van der Waals surface area contributed by atoms with Gasteiger partial charge in [-0.05, 0) is 55.9 Å². The van der Waals surface area contributed by atoms with E-state index in [0.717, 1.165) is 80.8 Å². The second-order valence-corrected chi connectivity index (χ2v) is 33.5. The van der Waals surface area contributed by atoms with Gasteiger partial charge in [0.15, 0.2) is 62.2 Å². The number of thiazole rings is 2. The molecule has 8 saturated heterocycles. The molecular weight excluding hydrogens is 1530 g/mol. The van der Waals surface area contributed by atoms with Crippen molar-refractivity contribution in [3.8, 4) is 17.2 Å². The number of phenolic OH excluding ortho intramolecular Hbond substituents is 3. The monoisotopic (exact) mass is 1610 g/mol. The minimum absolute atomic E-state index is 0. The molecule has 5 atom stereocenters. The number of β-lactam (4-membered cyclic amide) rings is 2. The number of carboxylic acids is 4. The van der Waals surface area contributed by atoms with E-state index in [4.69, 9.17) is 44.3 Å². The van der Waals surface area contributed by atoms with Gasteiger partial charge < -0.3 is 90.3 Å². The van der Waals surface area contributed by atoms with Crippen LogP contribution in [0.2, 0.25) is 10.0 Å². The maximum absolute atomic E-state index is 13.6. The normalized spacial score (nSPS) is 25.2. The summed E-state index contributed by atoms with van der Waals surface area (Å²) in [7, 11) is 0. The van der Waals surface area contributed by atoms with Gasteiger partial charge in [0.2, 0.25) is 11.8 Å². The number of piperidine rings is 6. The van der Waals surface area contributed by atoms with Crippen molar-refractivity contribution in [3.05, 3.63) is 95.7 Å². The molecule has 30 nitrogen and oxygen atoms in total. The van der Waals surface area contributed by atoms with E-state index in [1.54, 1.807) is 32.9 Å². The van der Waals surface area contributed by atoms with Crippen LogP contribution < -0.4 is 96.3 Å². The first-order chi connectivity index (χ1) is 49.0. The van der Waals surface area contributed by atoms with Crippen molar-refractivity contribution in [1.82, 2.24) is 25.1 Å². The Morgan fingerprint density at radius 2 is 1.13 bits per heavy atom. The van der Waals surface area contributed by atoms with Crippen LogP contribution in [0.3, 0.4) is 0 Å². The first-order valence-electron chi connectivity index (χ1n) is 33.4. The Labute approximate surface area is 686 Å². The van der Waals surface area contributed by atoms with Crippen molar-refractivity contribution in [1.29, 1.82) is 0 Å². The number of carbonyl (C=O) groups excluding carboxylic acids is 10. The summed E-state index contributed by atoms with van der Waals surface area (Å²) in [5.41, 5.74) is 10.5. The van der Waals surface area contributed by atoms with Gasteiger partial charge in [0, 0.05) is 109 Å². The van der Waals surface area contributed by atoms with Crippen LogP contribution in [0.4, 0.5) is 10.3 Å². The Morgan fingerprint density at radius 1 is 0.692 bits per heavy atom. The quantitative estimate of drug-likeness (QED) is 0.00636. The second-order valence-electron chi connectivity index (χ2n) is 28.8. The molecule has 4 aromatic rings. The van der Waals surface area contributed by atoms with Crippen LogP contribution in [0, 0.1) is 35.5 Å². The van der Waals surface area contributed by atoms with E-state index < -0.39 is 99.0 Å². The summed E-state index contributed by atoms with van der Waals surface area (Å²) >= 11 is 17.2. The van der Waals surface area contributed by atoms with Crippen molar-refractivity contribution >= 4 is 150 Å². The third kappa shape index (κ3) is 17.7. The number of aromatic hydroxyl groups is 3. The van der Waals surface area contributed by atoms with Crippen molar-refractivity contribution in [2.75, 3.05) is 81.9 Å². The first kappa shape index (κ1) is 86.2. The van der Waals surface area contributed by atoms with Crippen LogP contribution in [0.15, 0.2) is 67.9 Å². The topological polar surface area (TPSA) is 463 Å². The third-order valence-corrected chi connectivity index (χ3v) is 26.3. The summed E-state index contributed by atoms with van der Waals surface area (Å²) in [6.45, 7) is 13.0. The van der Waals surface area contributed by atoms with E-state index in [0.29, 0.717) is 76.4 Å². The number of oxime groups is 2. The molecule has 3 amide bonds. The van der Waals surface area contributed by atoms with E-state index in [-0.39, 0.29) is 180 Å². The first-order valence-corrected chi connectivity index (χ1v) is 38.0. The Bertz CT molecular complexity index is 4350. The molecule has 0 spiro atoms. The van der Waals surface area contributed by atoms with Gasteiger partial charge in [-0.25, -0.2) is 9.97 Å². The van der Waals surface area contributed by atoms with Crippen LogP contribution in [0.25, 0.3) is 0 Å². The molecule has 8 fully saturated rings. The molecule has 0 radical (unpaired) electrons. The molecule has 8 N–H and O–H groups in total. The molecule has 2 aromatic carbocycles. The van der Waals surface area contributed by atoms with Gasteiger partial charge >= 0.3 is 59.1 Å².